The predicted octanol–water partition coefficient (Wildman–Crippen LogP) is 5.71. The lowest BCUT2D eigenvalue weighted by Gasteiger charge is -2.26. The summed E-state index contributed by atoms with van der Waals surface area (Å²) in [4.78, 5) is 17.2. The number of fused-ring (bicyclic) bond motifs is 1. The van der Waals surface area contributed by atoms with E-state index in [1.807, 2.05) is 25.1 Å². The van der Waals surface area contributed by atoms with E-state index in [2.05, 4.69) is 20.7 Å². The molecule has 1 aliphatic carbocycles. The molecular formula is C28H30FN5O4S. The van der Waals surface area contributed by atoms with Crippen LogP contribution in [0.15, 0.2) is 54.7 Å². The van der Waals surface area contributed by atoms with Gasteiger partial charge in [-0.3, -0.25) is 13.9 Å². The summed E-state index contributed by atoms with van der Waals surface area (Å²) in [6, 6.07) is 13.4. The molecule has 1 saturated heterocycles. The highest BCUT2D eigenvalue weighted by atomic mass is 32.3. The van der Waals surface area contributed by atoms with Crippen molar-refractivity contribution < 1.29 is 23.0 Å². The van der Waals surface area contributed by atoms with Gasteiger partial charge in [0.2, 0.25) is 5.88 Å². The summed E-state index contributed by atoms with van der Waals surface area (Å²) < 4.78 is 41.4. The zero-order valence-electron chi connectivity index (χ0n) is 21.4. The molecule has 2 fully saturated rings. The average molecular weight is 552 g/mol. The Morgan fingerprint density at radius 2 is 2.03 bits per heavy atom. The zero-order valence-corrected chi connectivity index (χ0v) is 22.2. The number of aryl methyl sites for hydroxylation is 1. The van der Waals surface area contributed by atoms with Gasteiger partial charge in [0.05, 0.1) is 17.6 Å². The van der Waals surface area contributed by atoms with E-state index in [9.17, 15) is 18.3 Å². The number of halogens is 1. The fourth-order valence-electron chi connectivity index (χ4n) is 4.86. The van der Waals surface area contributed by atoms with Crippen molar-refractivity contribution >= 4 is 27.8 Å². The van der Waals surface area contributed by atoms with Crippen molar-refractivity contribution in [3.63, 3.8) is 0 Å². The molecule has 39 heavy (non-hydrogen) atoms. The highest BCUT2D eigenvalue weighted by Gasteiger charge is 2.28. The number of carbonyl (C=O) groups is 1. The van der Waals surface area contributed by atoms with Crippen molar-refractivity contribution in [3.05, 3.63) is 71.7 Å². The SMILES string of the molecule is Cc1cc(-c2cnc3c(NCC4CCS(O)(O)C4)cc(Oc4cccc(F)c4)nn23)ccc1C(=O)NC1CC1. The summed E-state index contributed by atoms with van der Waals surface area (Å²) >= 11 is 0. The van der Waals surface area contributed by atoms with Crippen molar-refractivity contribution in [1.29, 1.82) is 0 Å². The van der Waals surface area contributed by atoms with Crippen LogP contribution in [0.1, 0.15) is 35.2 Å². The summed E-state index contributed by atoms with van der Waals surface area (Å²) in [6.45, 7) is 2.43. The zero-order chi connectivity index (χ0) is 27.1. The smallest absolute Gasteiger partial charge is 0.251 e. The number of amides is 1. The molecule has 1 unspecified atom stereocenters. The van der Waals surface area contributed by atoms with Crippen LogP contribution in [0, 0.1) is 18.7 Å². The normalized spacial score (nSPS) is 19.1. The number of aromatic nitrogens is 3. The average Bonchev–Trinajstić information content (AvgIpc) is 3.48. The Morgan fingerprint density at radius 3 is 2.74 bits per heavy atom. The van der Waals surface area contributed by atoms with Gasteiger partial charge in [-0.1, -0.05) is 12.1 Å². The molecule has 9 nitrogen and oxygen atoms in total. The van der Waals surface area contributed by atoms with Crippen LogP contribution in [0.2, 0.25) is 0 Å². The third-order valence-electron chi connectivity index (χ3n) is 7.08. The molecule has 1 aliphatic heterocycles. The highest BCUT2D eigenvalue weighted by molar-refractivity contribution is 8.24. The molecular weight excluding hydrogens is 521 g/mol. The monoisotopic (exact) mass is 551 g/mol. The van der Waals surface area contributed by atoms with Crippen molar-refractivity contribution in [3.8, 4) is 22.9 Å². The maximum absolute atomic E-state index is 13.8. The molecule has 0 bridgehead atoms. The van der Waals surface area contributed by atoms with Crippen LogP contribution in [0.4, 0.5) is 10.1 Å². The van der Waals surface area contributed by atoms with Gasteiger partial charge in [0.15, 0.2) is 5.65 Å². The molecule has 6 rings (SSSR count). The topological polar surface area (TPSA) is 121 Å². The van der Waals surface area contributed by atoms with Crippen molar-refractivity contribution in [1.82, 2.24) is 19.9 Å². The molecule has 2 aliphatic rings. The Hall–Kier alpha value is -3.67. The molecule has 4 N–H and O–H groups in total. The minimum Gasteiger partial charge on any atom is -0.437 e. The van der Waals surface area contributed by atoms with Crippen LogP contribution in [0.3, 0.4) is 0 Å². The number of hydrogen-bond donors (Lipinski definition) is 4. The first-order chi connectivity index (χ1) is 18.7. The number of carbonyl (C=O) groups excluding carboxylic acids is 1. The highest BCUT2D eigenvalue weighted by Crippen LogP contribution is 2.48. The van der Waals surface area contributed by atoms with E-state index < -0.39 is 16.4 Å². The molecule has 204 valence electrons. The molecule has 1 saturated carbocycles. The lowest BCUT2D eigenvalue weighted by Crippen LogP contribution is -2.26. The minimum atomic E-state index is -2.51. The Bertz CT molecular complexity index is 1550. The number of anilines is 1. The molecule has 11 heteroatoms. The van der Waals surface area contributed by atoms with Crippen molar-refractivity contribution in [2.75, 3.05) is 23.4 Å². The summed E-state index contributed by atoms with van der Waals surface area (Å²) in [5, 5.41) is 11.1. The Labute approximate surface area is 226 Å². The molecule has 2 aromatic carbocycles. The van der Waals surface area contributed by atoms with E-state index in [4.69, 9.17) is 4.74 Å². The summed E-state index contributed by atoms with van der Waals surface area (Å²) in [5.41, 5.74) is 4.22. The minimum absolute atomic E-state index is 0.0707. The van der Waals surface area contributed by atoms with Gasteiger partial charge in [-0.05, 0) is 61.9 Å². The Balaban J connectivity index is 1.34. The molecule has 1 amide bonds. The van der Waals surface area contributed by atoms with Crippen LogP contribution in [-0.4, -0.2) is 53.7 Å². The largest absolute Gasteiger partial charge is 0.437 e. The molecule has 1 atom stereocenters. The van der Waals surface area contributed by atoms with E-state index in [0.717, 1.165) is 30.4 Å². The van der Waals surface area contributed by atoms with Crippen LogP contribution in [-0.2, 0) is 0 Å². The maximum Gasteiger partial charge on any atom is 0.251 e. The molecule has 3 heterocycles. The number of nitrogens with zero attached hydrogens (tertiary/aromatic N) is 3. The van der Waals surface area contributed by atoms with Crippen molar-refractivity contribution in [2.45, 2.75) is 32.2 Å². The van der Waals surface area contributed by atoms with Gasteiger partial charge < -0.3 is 15.4 Å². The van der Waals surface area contributed by atoms with Crippen LogP contribution in [0.25, 0.3) is 16.9 Å². The van der Waals surface area contributed by atoms with Gasteiger partial charge in [0, 0.05) is 47.4 Å². The maximum atomic E-state index is 13.8. The second kappa shape index (κ2) is 10.1. The summed E-state index contributed by atoms with van der Waals surface area (Å²) in [6.07, 6.45) is 4.48. The molecule has 4 aromatic rings. The number of ether oxygens (including phenoxy) is 1. The number of imidazole rings is 1. The van der Waals surface area contributed by atoms with Crippen molar-refractivity contribution in [2.24, 2.45) is 5.92 Å². The first-order valence-corrected chi connectivity index (χ1v) is 14.8. The molecule has 0 radical (unpaired) electrons. The fraction of sp³-hybridized carbons (Fsp3) is 0.321. The number of benzene rings is 2. The second-order valence-electron chi connectivity index (χ2n) is 10.3. The third-order valence-corrected chi connectivity index (χ3v) is 8.97. The lowest BCUT2D eigenvalue weighted by molar-refractivity contribution is 0.0950. The Kier molecular flexibility index (Phi) is 6.66. The summed E-state index contributed by atoms with van der Waals surface area (Å²) in [7, 11) is -2.51. The quantitative estimate of drug-likeness (QED) is 0.221. The molecule has 0 spiro atoms. The van der Waals surface area contributed by atoms with Crippen LogP contribution >= 0.6 is 10.6 Å². The van der Waals surface area contributed by atoms with E-state index in [1.165, 1.54) is 12.1 Å². The first kappa shape index (κ1) is 25.6. The first-order valence-electron chi connectivity index (χ1n) is 13.0. The third kappa shape index (κ3) is 5.70. The van der Waals surface area contributed by atoms with E-state index in [-0.39, 0.29) is 23.7 Å². The number of hydrogen-bond acceptors (Lipinski definition) is 7. The van der Waals surface area contributed by atoms with Gasteiger partial charge in [-0.2, -0.15) is 10.6 Å². The Morgan fingerprint density at radius 1 is 1.18 bits per heavy atom. The van der Waals surface area contributed by atoms with E-state index in [0.29, 0.717) is 46.4 Å². The van der Waals surface area contributed by atoms with E-state index in [1.54, 1.807) is 28.9 Å². The van der Waals surface area contributed by atoms with Crippen LogP contribution < -0.4 is 15.4 Å². The lowest BCUT2D eigenvalue weighted by atomic mass is 10.0. The fourth-order valence-corrected chi connectivity index (χ4v) is 6.77. The standard InChI is InChI=1S/C28H30FN5O4S/c1-17-11-19(5-8-23(17)28(35)32-21-6-7-21)25-15-31-27-24(30-14-18-9-10-39(36,37)16-18)13-26(33-34(25)27)38-22-4-2-3-20(29)12-22/h2-5,8,11-13,15,18,21,30,36-37H,6-7,9-10,14,16H2,1H3,(H,32,35). The molecule has 2 aromatic heterocycles. The van der Waals surface area contributed by atoms with Gasteiger partial charge in [0.1, 0.15) is 11.6 Å². The second-order valence-corrected chi connectivity index (χ2v) is 12.7. The van der Waals surface area contributed by atoms with Gasteiger partial charge in [-0.25, -0.2) is 13.9 Å². The van der Waals surface area contributed by atoms with E-state index >= 15 is 0 Å². The van der Waals surface area contributed by atoms with Gasteiger partial charge in [0.25, 0.3) is 5.91 Å². The van der Waals surface area contributed by atoms with Gasteiger partial charge in [-0.15, -0.1) is 5.10 Å². The number of nitrogens with one attached hydrogen (secondary N) is 2. The summed E-state index contributed by atoms with van der Waals surface area (Å²) in [5.74, 6) is 0.954. The van der Waals surface area contributed by atoms with Gasteiger partial charge >= 0.3 is 0 Å². The number of rotatable bonds is 8. The van der Waals surface area contributed by atoms with Crippen LogP contribution in [0.5, 0.6) is 11.6 Å². The predicted molar refractivity (Wildman–Crippen MR) is 149 cm³/mol.